The molecule has 0 radical (unpaired) electrons. The topological polar surface area (TPSA) is 55.8 Å². The van der Waals surface area contributed by atoms with Crippen molar-refractivity contribution in [1.82, 2.24) is 4.90 Å². The van der Waals surface area contributed by atoms with Gasteiger partial charge in [0, 0.05) is 18.7 Å². The molecule has 1 heterocycles. The molecule has 146 valence electrons. The van der Waals surface area contributed by atoms with Crippen LogP contribution in [0.2, 0.25) is 0 Å². The van der Waals surface area contributed by atoms with E-state index in [0.717, 1.165) is 12.0 Å². The lowest BCUT2D eigenvalue weighted by molar-refractivity contribution is -0.137. The third kappa shape index (κ3) is 5.54. The Hall–Kier alpha value is -2.92. The van der Waals surface area contributed by atoms with Crippen molar-refractivity contribution in [1.29, 1.82) is 0 Å². The van der Waals surface area contributed by atoms with Crippen LogP contribution in [0.4, 0.5) is 0 Å². The van der Waals surface area contributed by atoms with Gasteiger partial charge in [-0.2, -0.15) is 0 Å². The summed E-state index contributed by atoms with van der Waals surface area (Å²) < 4.78 is 10.8. The molecule has 0 spiro atoms. The van der Waals surface area contributed by atoms with Crippen LogP contribution in [-0.2, 0) is 16.0 Å². The fourth-order valence-corrected chi connectivity index (χ4v) is 2.90. The van der Waals surface area contributed by atoms with E-state index in [9.17, 15) is 9.59 Å². The summed E-state index contributed by atoms with van der Waals surface area (Å²) in [6, 6.07) is 15.0. The van der Waals surface area contributed by atoms with Gasteiger partial charge in [0.1, 0.15) is 5.75 Å². The molecule has 0 aliphatic carbocycles. The number of amides is 1. The lowest BCUT2D eigenvalue weighted by Gasteiger charge is -2.26. The molecular weight excluding hydrogens is 354 g/mol. The van der Waals surface area contributed by atoms with Crippen LogP contribution >= 0.6 is 0 Å². The van der Waals surface area contributed by atoms with Crippen molar-refractivity contribution in [3.05, 3.63) is 71.3 Å². The van der Waals surface area contributed by atoms with Crippen LogP contribution in [0.15, 0.2) is 54.6 Å². The number of morpholine rings is 1. The zero-order chi connectivity index (χ0) is 19.8. The quantitative estimate of drug-likeness (QED) is 0.547. The summed E-state index contributed by atoms with van der Waals surface area (Å²) in [6.07, 6.45) is 4.38. The maximum atomic E-state index is 12.3. The zero-order valence-corrected chi connectivity index (χ0v) is 16.1. The highest BCUT2D eigenvalue weighted by Crippen LogP contribution is 2.14. The summed E-state index contributed by atoms with van der Waals surface area (Å²) in [5.74, 6) is 0.438. The molecule has 3 rings (SSSR count). The molecule has 5 nitrogen and oxygen atoms in total. The van der Waals surface area contributed by atoms with Crippen LogP contribution in [0, 0.1) is 0 Å². The van der Waals surface area contributed by atoms with Crippen molar-refractivity contribution in [2.24, 2.45) is 0 Å². The van der Waals surface area contributed by atoms with E-state index in [1.165, 1.54) is 5.56 Å². The summed E-state index contributed by atoms with van der Waals surface area (Å²) in [5, 5.41) is 0. The molecule has 0 unspecified atom stereocenters. The minimum absolute atomic E-state index is 0.0129. The lowest BCUT2D eigenvalue weighted by atomic mass is 10.1. The lowest BCUT2D eigenvalue weighted by Crippen LogP contribution is -2.42. The second-order valence-corrected chi connectivity index (χ2v) is 6.60. The monoisotopic (exact) mass is 379 g/mol. The van der Waals surface area contributed by atoms with Crippen LogP contribution in [0.5, 0.6) is 5.75 Å². The zero-order valence-electron chi connectivity index (χ0n) is 16.1. The van der Waals surface area contributed by atoms with Crippen molar-refractivity contribution in [2.75, 3.05) is 32.9 Å². The van der Waals surface area contributed by atoms with Gasteiger partial charge in [-0.3, -0.25) is 9.59 Å². The summed E-state index contributed by atoms with van der Waals surface area (Å²) in [7, 11) is 0. The summed E-state index contributed by atoms with van der Waals surface area (Å²) in [5.41, 5.74) is 2.84. The van der Waals surface area contributed by atoms with E-state index in [4.69, 9.17) is 9.47 Å². The van der Waals surface area contributed by atoms with Gasteiger partial charge in [-0.1, -0.05) is 37.3 Å². The fraction of sp³-hybridized carbons (Fsp3) is 0.304. The second kappa shape index (κ2) is 9.85. The van der Waals surface area contributed by atoms with Crippen molar-refractivity contribution in [3.63, 3.8) is 0 Å². The van der Waals surface area contributed by atoms with Crippen LogP contribution < -0.4 is 4.74 Å². The standard InChI is InChI=1S/C23H25NO4/c1-2-18-3-5-19(6-4-18)7-12-22(25)20-8-10-21(11-9-20)28-17-23(26)24-13-15-27-16-14-24/h3-12H,2,13-17H2,1H3/b12-7+. The first kappa shape index (κ1) is 19.8. The SMILES string of the molecule is CCc1ccc(/C=C/C(=O)c2ccc(OCC(=O)N3CCOCC3)cc2)cc1. The average Bonchev–Trinajstić information content (AvgIpc) is 2.77. The maximum absolute atomic E-state index is 12.3. The summed E-state index contributed by atoms with van der Waals surface area (Å²) in [4.78, 5) is 26.1. The Kier molecular flexibility index (Phi) is 6.98. The first-order chi connectivity index (χ1) is 13.7. The van der Waals surface area contributed by atoms with Gasteiger partial charge in [0.05, 0.1) is 13.2 Å². The number of allylic oxidation sites excluding steroid dienone is 1. The highest BCUT2D eigenvalue weighted by Gasteiger charge is 2.17. The van der Waals surface area contributed by atoms with Gasteiger partial charge in [-0.25, -0.2) is 0 Å². The Morgan fingerprint density at radius 1 is 1.04 bits per heavy atom. The molecule has 0 atom stereocenters. The highest BCUT2D eigenvalue weighted by atomic mass is 16.5. The normalized spacial score (nSPS) is 14.2. The number of nitrogens with zero attached hydrogens (tertiary/aromatic N) is 1. The van der Waals surface area contributed by atoms with Crippen molar-refractivity contribution in [2.45, 2.75) is 13.3 Å². The molecule has 2 aromatic carbocycles. The third-order valence-corrected chi connectivity index (χ3v) is 4.68. The van der Waals surface area contributed by atoms with Crippen LogP contribution in [0.25, 0.3) is 6.08 Å². The predicted molar refractivity (Wildman–Crippen MR) is 109 cm³/mol. The Morgan fingerprint density at radius 2 is 1.71 bits per heavy atom. The Bertz CT molecular complexity index is 819. The van der Waals surface area contributed by atoms with Crippen LogP contribution in [0.3, 0.4) is 0 Å². The first-order valence-electron chi connectivity index (χ1n) is 9.55. The number of ketones is 1. The van der Waals surface area contributed by atoms with Crippen LogP contribution in [-0.4, -0.2) is 49.5 Å². The van der Waals surface area contributed by atoms with Gasteiger partial charge in [-0.15, -0.1) is 0 Å². The molecule has 0 N–H and O–H groups in total. The van der Waals surface area contributed by atoms with E-state index in [1.807, 2.05) is 18.2 Å². The molecule has 1 saturated heterocycles. The van der Waals surface area contributed by atoms with E-state index >= 15 is 0 Å². The van der Waals surface area contributed by atoms with E-state index in [-0.39, 0.29) is 18.3 Å². The Labute approximate surface area is 165 Å². The highest BCUT2D eigenvalue weighted by molar-refractivity contribution is 6.06. The predicted octanol–water partition coefficient (Wildman–Crippen LogP) is 3.38. The molecule has 5 heteroatoms. The van der Waals surface area contributed by atoms with Crippen molar-refractivity contribution < 1.29 is 19.1 Å². The number of hydrogen-bond acceptors (Lipinski definition) is 4. The molecule has 0 aromatic heterocycles. The van der Waals surface area contributed by atoms with Crippen LogP contribution in [0.1, 0.15) is 28.4 Å². The molecule has 0 bridgehead atoms. The summed E-state index contributed by atoms with van der Waals surface area (Å²) in [6.45, 7) is 4.44. The van der Waals surface area contributed by atoms with Gasteiger partial charge in [0.25, 0.3) is 5.91 Å². The minimum atomic E-state index is -0.0736. The molecule has 1 aliphatic rings. The van der Waals surface area contributed by atoms with Gasteiger partial charge >= 0.3 is 0 Å². The second-order valence-electron chi connectivity index (χ2n) is 6.60. The van der Waals surface area contributed by atoms with E-state index in [0.29, 0.717) is 37.6 Å². The van der Waals surface area contributed by atoms with Gasteiger partial charge in [0.15, 0.2) is 12.4 Å². The van der Waals surface area contributed by atoms with E-state index in [2.05, 4.69) is 19.1 Å². The number of ether oxygens (including phenoxy) is 2. The number of carbonyl (C=O) groups excluding carboxylic acids is 2. The number of carbonyl (C=O) groups is 2. The summed E-state index contributed by atoms with van der Waals surface area (Å²) >= 11 is 0. The van der Waals surface area contributed by atoms with E-state index < -0.39 is 0 Å². The molecule has 28 heavy (non-hydrogen) atoms. The number of aryl methyl sites for hydroxylation is 1. The average molecular weight is 379 g/mol. The van der Waals surface area contributed by atoms with Crippen molar-refractivity contribution in [3.8, 4) is 5.75 Å². The minimum Gasteiger partial charge on any atom is -0.484 e. The molecular formula is C23H25NO4. The van der Waals surface area contributed by atoms with Gasteiger partial charge in [-0.05, 0) is 47.9 Å². The molecule has 0 saturated carbocycles. The van der Waals surface area contributed by atoms with Gasteiger partial charge in [0.2, 0.25) is 0 Å². The molecule has 1 amide bonds. The first-order valence-corrected chi connectivity index (χ1v) is 9.55. The Balaban J connectivity index is 1.51. The largest absolute Gasteiger partial charge is 0.484 e. The van der Waals surface area contributed by atoms with Gasteiger partial charge < -0.3 is 14.4 Å². The van der Waals surface area contributed by atoms with E-state index in [1.54, 1.807) is 35.2 Å². The third-order valence-electron chi connectivity index (χ3n) is 4.68. The molecule has 1 aliphatic heterocycles. The maximum Gasteiger partial charge on any atom is 0.260 e. The smallest absolute Gasteiger partial charge is 0.260 e. The number of rotatable bonds is 7. The molecule has 1 fully saturated rings. The molecule has 2 aromatic rings. The number of hydrogen-bond donors (Lipinski definition) is 0. The fourth-order valence-electron chi connectivity index (χ4n) is 2.90. The number of benzene rings is 2. The van der Waals surface area contributed by atoms with Crippen molar-refractivity contribution >= 4 is 17.8 Å². The Morgan fingerprint density at radius 3 is 2.36 bits per heavy atom.